The number of imidazole rings is 1. The van der Waals surface area contributed by atoms with Crippen molar-refractivity contribution in [1.82, 2.24) is 14.3 Å². The third kappa shape index (κ3) is 3.54. The van der Waals surface area contributed by atoms with Gasteiger partial charge in [0.1, 0.15) is 5.82 Å². The normalized spacial score (nSPS) is 23.9. The van der Waals surface area contributed by atoms with Crippen molar-refractivity contribution in [3.05, 3.63) is 12.0 Å². The van der Waals surface area contributed by atoms with Gasteiger partial charge >= 0.3 is 0 Å². The Balaban J connectivity index is 2.15. The topological polar surface area (TPSA) is 64.0 Å². The maximum Gasteiger partial charge on any atom is 0.259 e. The number of rotatable bonds is 5. The van der Waals surface area contributed by atoms with E-state index < -0.39 is 10.0 Å². The summed E-state index contributed by atoms with van der Waals surface area (Å²) in [6.45, 7) is 4.64. The standard InChI is InChI=1S/C13H22ClN3O2S/c1-3-8-17-9-13(15-10(17)2)20(18,19)16-12-7-5-4-6-11(12)14/h9,11-12,16H,3-8H2,1-2H3. The number of alkyl halides is 1. The molecule has 1 saturated carbocycles. The van der Waals surface area contributed by atoms with Gasteiger partial charge in [-0.15, -0.1) is 11.6 Å². The molecule has 0 amide bonds. The molecule has 0 saturated heterocycles. The predicted molar refractivity (Wildman–Crippen MR) is 79.5 cm³/mol. The van der Waals surface area contributed by atoms with E-state index >= 15 is 0 Å². The van der Waals surface area contributed by atoms with E-state index in [0.717, 1.165) is 44.5 Å². The number of hydrogen-bond acceptors (Lipinski definition) is 3. The third-order valence-corrected chi connectivity index (χ3v) is 5.56. The van der Waals surface area contributed by atoms with Crippen LogP contribution in [0.1, 0.15) is 44.9 Å². The second kappa shape index (κ2) is 6.45. The van der Waals surface area contributed by atoms with Crippen LogP contribution in [0, 0.1) is 6.92 Å². The molecular formula is C13H22ClN3O2S. The lowest BCUT2D eigenvalue weighted by molar-refractivity contribution is 0.418. The quantitative estimate of drug-likeness (QED) is 0.848. The molecule has 1 aromatic rings. The second-order valence-electron chi connectivity index (χ2n) is 5.35. The van der Waals surface area contributed by atoms with Crippen LogP contribution in [0.2, 0.25) is 0 Å². The van der Waals surface area contributed by atoms with Crippen LogP contribution in [0.25, 0.3) is 0 Å². The zero-order chi connectivity index (χ0) is 14.8. The average Bonchev–Trinajstić information content (AvgIpc) is 2.75. The molecule has 0 spiro atoms. The SMILES string of the molecule is CCCn1cc(S(=O)(=O)NC2CCCCC2Cl)nc1C. The first-order valence-electron chi connectivity index (χ1n) is 7.14. The Labute approximate surface area is 125 Å². The highest BCUT2D eigenvalue weighted by Crippen LogP contribution is 2.24. The van der Waals surface area contributed by atoms with Gasteiger partial charge in [-0.05, 0) is 26.2 Å². The lowest BCUT2D eigenvalue weighted by Crippen LogP contribution is -2.42. The molecule has 1 fully saturated rings. The van der Waals surface area contributed by atoms with Crippen LogP contribution in [0.3, 0.4) is 0 Å². The summed E-state index contributed by atoms with van der Waals surface area (Å²) in [6.07, 6.45) is 6.28. The summed E-state index contributed by atoms with van der Waals surface area (Å²) in [5, 5.41) is -0.0322. The van der Waals surface area contributed by atoms with Gasteiger partial charge in [0.15, 0.2) is 5.03 Å². The Hall–Kier alpha value is -0.590. The molecule has 1 aromatic heterocycles. The van der Waals surface area contributed by atoms with Gasteiger partial charge in [0.05, 0.1) is 0 Å². The second-order valence-corrected chi connectivity index (χ2v) is 7.57. The smallest absolute Gasteiger partial charge is 0.259 e. The molecule has 1 heterocycles. The molecule has 2 rings (SSSR count). The Morgan fingerprint density at radius 3 is 2.80 bits per heavy atom. The molecule has 0 aromatic carbocycles. The summed E-state index contributed by atoms with van der Waals surface area (Å²) >= 11 is 6.21. The maximum atomic E-state index is 12.4. The predicted octanol–water partition coefficient (Wildman–Crippen LogP) is 2.43. The number of nitrogens with zero attached hydrogens (tertiary/aromatic N) is 2. The fourth-order valence-corrected chi connectivity index (χ4v) is 4.29. The first kappa shape index (κ1) is 15.8. The molecule has 2 atom stereocenters. The number of nitrogens with one attached hydrogen (secondary N) is 1. The number of sulfonamides is 1. The molecular weight excluding hydrogens is 298 g/mol. The molecule has 0 aliphatic heterocycles. The molecule has 1 aliphatic carbocycles. The molecule has 7 heteroatoms. The van der Waals surface area contributed by atoms with Crippen LogP contribution in [-0.4, -0.2) is 29.4 Å². The van der Waals surface area contributed by atoms with E-state index in [1.54, 1.807) is 6.20 Å². The highest BCUT2D eigenvalue weighted by atomic mass is 35.5. The Morgan fingerprint density at radius 2 is 2.15 bits per heavy atom. The molecule has 0 radical (unpaired) electrons. The minimum Gasteiger partial charge on any atom is -0.334 e. The van der Waals surface area contributed by atoms with E-state index in [2.05, 4.69) is 9.71 Å². The van der Waals surface area contributed by atoms with E-state index in [9.17, 15) is 8.42 Å². The number of hydrogen-bond donors (Lipinski definition) is 1. The van der Waals surface area contributed by atoms with Gasteiger partial charge < -0.3 is 4.57 Å². The van der Waals surface area contributed by atoms with Gasteiger partial charge in [-0.25, -0.2) is 18.1 Å². The minimum absolute atomic E-state index is 0.0953. The van der Waals surface area contributed by atoms with Crippen molar-refractivity contribution in [2.24, 2.45) is 0 Å². The summed E-state index contributed by atoms with van der Waals surface area (Å²) in [4.78, 5) is 4.16. The van der Waals surface area contributed by atoms with Gasteiger partial charge in [-0.1, -0.05) is 19.8 Å². The summed E-state index contributed by atoms with van der Waals surface area (Å²) in [7, 11) is -3.58. The minimum atomic E-state index is -3.58. The van der Waals surface area contributed by atoms with E-state index in [0.29, 0.717) is 0 Å². The lowest BCUT2D eigenvalue weighted by atomic mass is 9.96. The fraction of sp³-hybridized carbons (Fsp3) is 0.769. The van der Waals surface area contributed by atoms with E-state index in [1.165, 1.54) is 0 Å². The first-order valence-corrected chi connectivity index (χ1v) is 9.06. The van der Waals surface area contributed by atoms with Crippen LogP contribution in [-0.2, 0) is 16.6 Å². The summed E-state index contributed by atoms with van der Waals surface area (Å²) in [5.74, 6) is 0.721. The zero-order valence-corrected chi connectivity index (χ0v) is 13.5. The van der Waals surface area contributed by atoms with E-state index in [1.807, 2.05) is 18.4 Å². The fourth-order valence-electron chi connectivity index (χ4n) is 2.55. The molecule has 0 bridgehead atoms. The number of halogens is 1. The lowest BCUT2D eigenvalue weighted by Gasteiger charge is -2.27. The van der Waals surface area contributed by atoms with Crippen LogP contribution in [0.15, 0.2) is 11.2 Å². The summed E-state index contributed by atoms with van der Waals surface area (Å²) < 4.78 is 29.3. The van der Waals surface area contributed by atoms with Crippen LogP contribution in [0.5, 0.6) is 0 Å². The van der Waals surface area contributed by atoms with Crippen molar-refractivity contribution in [2.45, 2.75) is 68.9 Å². The molecule has 20 heavy (non-hydrogen) atoms. The monoisotopic (exact) mass is 319 g/mol. The highest BCUT2D eigenvalue weighted by molar-refractivity contribution is 7.89. The number of aryl methyl sites for hydroxylation is 2. The van der Waals surface area contributed by atoms with E-state index in [-0.39, 0.29) is 16.4 Å². The highest BCUT2D eigenvalue weighted by Gasteiger charge is 2.29. The molecule has 1 aliphatic rings. The molecule has 114 valence electrons. The van der Waals surface area contributed by atoms with Gasteiger partial charge in [0.25, 0.3) is 10.0 Å². The third-order valence-electron chi connectivity index (χ3n) is 3.68. The molecule has 1 N–H and O–H groups in total. The van der Waals surface area contributed by atoms with Crippen LogP contribution >= 0.6 is 11.6 Å². The van der Waals surface area contributed by atoms with Gasteiger partial charge in [-0.3, -0.25) is 0 Å². The zero-order valence-electron chi connectivity index (χ0n) is 12.0. The van der Waals surface area contributed by atoms with Crippen molar-refractivity contribution < 1.29 is 8.42 Å². The largest absolute Gasteiger partial charge is 0.334 e. The van der Waals surface area contributed by atoms with Crippen molar-refractivity contribution in [3.63, 3.8) is 0 Å². The van der Waals surface area contributed by atoms with E-state index in [4.69, 9.17) is 11.6 Å². The van der Waals surface area contributed by atoms with Crippen molar-refractivity contribution in [1.29, 1.82) is 0 Å². The van der Waals surface area contributed by atoms with Crippen molar-refractivity contribution >= 4 is 21.6 Å². The summed E-state index contributed by atoms with van der Waals surface area (Å²) in [5.41, 5.74) is 0. The Bertz CT molecular complexity index is 556. The Morgan fingerprint density at radius 1 is 1.45 bits per heavy atom. The van der Waals surface area contributed by atoms with Crippen molar-refractivity contribution in [3.8, 4) is 0 Å². The molecule has 5 nitrogen and oxygen atoms in total. The summed E-state index contributed by atoms with van der Waals surface area (Å²) in [6, 6.07) is -0.188. The van der Waals surface area contributed by atoms with Gasteiger partial charge in [0.2, 0.25) is 0 Å². The van der Waals surface area contributed by atoms with Gasteiger partial charge in [-0.2, -0.15) is 0 Å². The Kier molecular flexibility index (Phi) is 5.09. The molecule has 2 unspecified atom stereocenters. The maximum absolute atomic E-state index is 12.4. The van der Waals surface area contributed by atoms with Crippen LogP contribution < -0.4 is 4.72 Å². The first-order chi connectivity index (χ1) is 9.44. The average molecular weight is 320 g/mol. The van der Waals surface area contributed by atoms with Gasteiger partial charge in [0, 0.05) is 24.2 Å². The van der Waals surface area contributed by atoms with Crippen LogP contribution in [0.4, 0.5) is 0 Å². The van der Waals surface area contributed by atoms with Crippen molar-refractivity contribution in [2.75, 3.05) is 0 Å². The number of aromatic nitrogens is 2.